The zero-order valence-electron chi connectivity index (χ0n) is 15.7. The molecule has 2 rings (SSSR count). The van der Waals surface area contributed by atoms with Crippen LogP contribution in [0.4, 0.5) is 0 Å². The highest BCUT2D eigenvalue weighted by Crippen LogP contribution is 2.29. The predicted molar refractivity (Wildman–Crippen MR) is 105 cm³/mol. The van der Waals surface area contributed by atoms with Gasteiger partial charge in [-0.1, -0.05) is 15.9 Å². The van der Waals surface area contributed by atoms with E-state index in [4.69, 9.17) is 14.2 Å². The van der Waals surface area contributed by atoms with Crippen LogP contribution in [0, 0.1) is 11.3 Å². The lowest BCUT2D eigenvalue weighted by Gasteiger charge is -2.26. The summed E-state index contributed by atoms with van der Waals surface area (Å²) in [5.74, 6) is -0.430. The number of carbonyl (C=O) groups excluding carboxylic acids is 1. The topological polar surface area (TPSA) is 96.4 Å². The Balaban J connectivity index is 2.27. The number of aromatic nitrogens is 1. The number of hydrogen-bond donors (Lipinski definition) is 2. The molecule has 0 aliphatic carbocycles. The summed E-state index contributed by atoms with van der Waals surface area (Å²) in [7, 11) is 0. The SMILES string of the molecule is CCOC(=O)C(NCc1c[nH]c2c(C#N)ccc(Br)c12)C(OCC)OCC. The maximum Gasteiger partial charge on any atom is 0.328 e. The standard InChI is InChI=1S/C19H24BrN3O4/c1-4-25-18(24)17(19(26-5-2)27-6-3)23-11-13-10-22-16-12(9-21)7-8-14(20)15(13)16/h7-8,10,17,19,22-23H,4-6,11H2,1-3H3. The molecule has 27 heavy (non-hydrogen) atoms. The van der Waals surface area contributed by atoms with Crippen molar-refractivity contribution in [1.82, 2.24) is 10.3 Å². The molecule has 0 radical (unpaired) electrons. The van der Waals surface area contributed by atoms with Crippen LogP contribution in [0.15, 0.2) is 22.8 Å². The summed E-state index contributed by atoms with van der Waals surface area (Å²) in [6.07, 6.45) is 1.07. The first kappa shape index (κ1) is 21.4. The summed E-state index contributed by atoms with van der Waals surface area (Å²) >= 11 is 3.53. The number of benzene rings is 1. The minimum absolute atomic E-state index is 0.270. The predicted octanol–water partition coefficient (Wildman–Crippen LogP) is 3.22. The minimum atomic E-state index is -0.771. The van der Waals surface area contributed by atoms with E-state index in [-0.39, 0.29) is 6.61 Å². The molecule has 0 amide bonds. The van der Waals surface area contributed by atoms with Gasteiger partial charge in [0.15, 0.2) is 12.3 Å². The number of fused-ring (bicyclic) bond motifs is 1. The number of halogens is 1. The Bertz CT molecular complexity index is 809. The fraction of sp³-hybridized carbons (Fsp3) is 0.474. The van der Waals surface area contributed by atoms with Crippen LogP contribution in [-0.4, -0.2) is 43.1 Å². The maximum absolute atomic E-state index is 12.4. The third kappa shape index (κ3) is 5.08. The maximum atomic E-state index is 12.4. The highest BCUT2D eigenvalue weighted by molar-refractivity contribution is 9.10. The van der Waals surface area contributed by atoms with Crippen LogP contribution in [0.1, 0.15) is 31.9 Å². The Morgan fingerprint density at radius 2 is 1.96 bits per heavy atom. The van der Waals surface area contributed by atoms with E-state index in [0.29, 0.717) is 25.3 Å². The van der Waals surface area contributed by atoms with E-state index >= 15 is 0 Å². The Kier molecular flexibility index (Phi) is 8.25. The van der Waals surface area contributed by atoms with E-state index in [0.717, 1.165) is 20.9 Å². The van der Waals surface area contributed by atoms with Crippen molar-refractivity contribution in [2.24, 2.45) is 0 Å². The average molecular weight is 438 g/mol. The number of ether oxygens (including phenoxy) is 3. The molecule has 0 aliphatic heterocycles. The molecule has 0 saturated carbocycles. The van der Waals surface area contributed by atoms with Crippen molar-refractivity contribution in [3.05, 3.63) is 33.9 Å². The number of H-pyrrole nitrogens is 1. The quantitative estimate of drug-likeness (QED) is 0.437. The summed E-state index contributed by atoms with van der Waals surface area (Å²) in [6.45, 7) is 6.90. The Morgan fingerprint density at radius 3 is 2.56 bits per heavy atom. The van der Waals surface area contributed by atoms with Crippen molar-refractivity contribution in [2.45, 2.75) is 39.6 Å². The second-order valence-corrected chi connectivity index (χ2v) is 6.51. The van der Waals surface area contributed by atoms with E-state index in [1.54, 1.807) is 13.0 Å². The molecule has 7 nitrogen and oxygen atoms in total. The Labute approximate surface area is 167 Å². The van der Waals surface area contributed by atoms with Crippen LogP contribution in [0.25, 0.3) is 10.9 Å². The summed E-state index contributed by atoms with van der Waals surface area (Å²) in [6, 6.07) is 4.99. The summed E-state index contributed by atoms with van der Waals surface area (Å²) in [5, 5.41) is 13.4. The van der Waals surface area contributed by atoms with Gasteiger partial charge in [0, 0.05) is 35.8 Å². The van der Waals surface area contributed by atoms with Crippen LogP contribution in [-0.2, 0) is 25.5 Å². The number of nitrogens with one attached hydrogen (secondary N) is 2. The molecule has 0 fully saturated rings. The van der Waals surface area contributed by atoms with Crippen LogP contribution in [0.2, 0.25) is 0 Å². The fourth-order valence-electron chi connectivity index (χ4n) is 2.82. The van der Waals surface area contributed by atoms with Crippen molar-refractivity contribution in [3.8, 4) is 6.07 Å². The normalized spacial score (nSPS) is 12.3. The molecule has 1 aromatic carbocycles. The third-order valence-corrected chi connectivity index (χ3v) is 4.63. The fourth-order valence-corrected chi connectivity index (χ4v) is 3.40. The van der Waals surface area contributed by atoms with Crippen LogP contribution in [0.3, 0.4) is 0 Å². The van der Waals surface area contributed by atoms with Gasteiger partial charge in [0.2, 0.25) is 0 Å². The lowest BCUT2D eigenvalue weighted by Crippen LogP contribution is -2.49. The van der Waals surface area contributed by atoms with Crippen LogP contribution >= 0.6 is 15.9 Å². The number of aromatic amines is 1. The number of carbonyl (C=O) groups is 1. The summed E-state index contributed by atoms with van der Waals surface area (Å²) in [4.78, 5) is 15.6. The first-order chi connectivity index (χ1) is 13.1. The molecule has 0 bridgehead atoms. The first-order valence-electron chi connectivity index (χ1n) is 8.89. The second-order valence-electron chi connectivity index (χ2n) is 5.66. The molecule has 1 heterocycles. The van der Waals surface area contributed by atoms with E-state index in [1.807, 2.05) is 26.1 Å². The molecule has 0 spiro atoms. The molecule has 2 N–H and O–H groups in total. The highest BCUT2D eigenvalue weighted by Gasteiger charge is 2.31. The van der Waals surface area contributed by atoms with Gasteiger partial charge in [0.25, 0.3) is 0 Å². The Morgan fingerprint density at radius 1 is 1.26 bits per heavy atom. The summed E-state index contributed by atoms with van der Waals surface area (Å²) < 4.78 is 17.2. The lowest BCUT2D eigenvalue weighted by atomic mass is 10.1. The molecule has 2 aromatic rings. The van der Waals surface area contributed by atoms with E-state index in [1.165, 1.54) is 0 Å². The van der Waals surface area contributed by atoms with E-state index in [9.17, 15) is 10.1 Å². The van der Waals surface area contributed by atoms with Gasteiger partial charge in [0.05, 0.1) is 17.7 Å². The van der Waals surface area contributed by atoms with Gasteiger partial charge in [-0.15, -0.1) is 0 Å². The average Bonchev–Trinajstić information content (AvgIpc) is 3.08. The van der Waals surface area contributed by atoms with Crippen LogP contribution in [0.5, 0.6) is 0 Å². The molecule has 1 unspecified atom stereocenters. The number of hydrogen-bond acceptors (Lipinski definition) is 6. The minimum Gasteiger partial charge on any atom is -0.465 e. The van der Waals surface area contributed by atoms with Gasteiger partial charge < -0.3 is 19.2 Å². The number of nitrogens with zero attached hydrogens (tertiary/aromatic N) is 1. The molecule has 8 heteroatoms. The largest absolute Gasteiger partial charge is 0.465 e. The highest BCUT2D eigenvalue weighted by atomic mass is 79.9. The van der Waals surface area contributed by atoms with Gasteiger partial charge >= 0.3 is 5.97 Å². The second kappa shape index (κ2) is 10.4. The molecular formula is C19H24BrN3O4. The van der Waals surface area contributed by atoms with Gasteiger partial charge in [-0.3, -0.25) is 10.1 Å². The molecule has 0 saturated heterocycles. The first-order valence-corrected chi connectivity index (χ1v) is 9.68. The number of nitriles is 1. The number of rotatable bonds is 10. The molecular weight excluding hydrogens is 414 g/mol. The zero-order valence-corrected chi connectivity index (χ0v) is 17.3. The molecule has 1 aromatic heterocycles. The Hall–Kier alpha value is -1.92. The van der Waals surface area contributed by atoms with Crippen molar-refractivity contribution in [2.75, 3.05) is 19.8 Å². The van der Waals surface area contributed by atoms with Crippen molar-refractivity contribution >= 4 is 32.8 Å². The van der Waals surface area contributed by atoms with Gasteiger partial charge in [-0.25, -0.2) is 0 Å². The third-order valence-electron chi connectivity index (χ3n) is 3.97. The number of esters is 1. The van der Waals surface area contributed by atoms with E-state index in [2.05, 4.69) is 32.3 Å². The van der Waals surface area contributed by atoms with Crippen molar-refractivity contribution < 1.29 is 19.0 Å². The summed E-state index contributed by atoms with van der Waals surface area (Å²) in [5.41, 5.74) is 2.22. The van der Waals surface area contributed by atoms with Gasteiger partial charge in [0.1, 0.15) is 6.07 Å². The molecule has 146 valence electrons. The van der Waals surface area contributed by atoms with Crippen molar-refractivity contribution in [1.29, 1.82) is 5.26 Å². The lowest BCUT2D eigenvalue weighted by molar-refractivity contribution is -0.179. The van der Waals surface area contributed by atoms with E-state index < -0.39 is 18.3 Å². The van der Waals surface area contributed by atoms with Crippen molar-refractivity contribution in [3.63, 3.8) is 0 Å². The smallest absolute Gasteiger partial charge is 0.328 e. The molecule has 0 aliphatic rings. The zero-order chi connectivity index (χ0) is 19.8. The monoisotopic (exact) mass is 437 g/mol. The van der Waals surface area contributed by atoms with Crippen LogP contribution < -0.4 is 5.32 Å². The molecule has 1 atom stereocenters. The van der Waals surface area contributed by atoms with Gasteiger partial charge in [-0.2, -0.15) is 5.26 Å². The van der Waals surface area contributed by atoms with Gasteiger partial charge in [-0.05, 0) is 38.5 Å².